The van der Waals surface area contributed by atoms with E-state index >= 15 is 0 Å². The van der Waals surface area contributed by atoms with Crippen LogP contribution in [0, 0.1) is 0 Å². The minimum Gasteiger partial charge on any atom is -0.451 e. The maximum atomic E-state index is 11.6. The number of carbonyl (C=O) groups is 3. The van der Waals surface area contributed by atoms with Gasteiger partial charge < -0.3 is 15.8 Å². The van der Waals surface area contributed by atoms with Gasteiger partial charge in [0.2, 0.25) is 5.91 Å². The molecule has 0 radical (unpaired) electrons. The Morgan fingerprint density at radius 3 is 2.43 bits per heavy atom. The van der Waals surface area contributed by atoms with Gasteiger partial charge >= 0.3 is 5.97 Å². The van der Waals surface area contributed by atoms with Gasteiger partial charge in [0.25, 0.3) is 5.91 Å². The van der Waals surface area contributed by atoms with Gasteiger partial charge in [-0.15, -0.1) is 11.3 Å². The van der Waals surface area contributed by atoms with Gasteiger partial charge in [0.15, 0.2) is 6.61 Å². The largest absolute Gasteiger partial charge is 0.451 e. The molecule has 3 N–H and O–H groups in total. The summed E-state index contributed by atoms with van der Waals surface area (Å²) in [6.07, 6.45) is 0. The molecule has 0 saturated carbocycles. The highest BCUT2D eigenvalue weighted by atomic mass is 32.1. The lowest BCUT2D eigenvalue weighted by Gasteiger charge is -2.06. The summed E-state index contributed by atoms with van der Waals surface area (Å²) >= 11 is 1.24. The van der Waals surface area contributed by atoms with E-state index in [4.69, 9.17) is 10.5 Å². The number of nitrogens with two attached hydrogens (primary N) is 1. The van der Waals surface area contributed by atoms with Crippen molar-refractivity contribution in [2.45, 2.75) is 0 Å². The lowest BCUT2D eigenvalue weighted by atomic mass is 10.2. The lowest BCUT2D eigenvalue weighted by molar-refractivity contribution is -0.119. The minimum absolute atomic E-state index is 0.345. The molecule has 2 amide bonds. The number of thiophene rings is 1. The van der Waals surface area contributed by atoms with Crippen LogP contribution in [0.25, 0.3) is 0 Å². The van der Waals surface area contributed by atoms with E-state index in [2.05, 4.69) is 5.32 Å². The average molecular weight is 304 g/mol. The van der Waals surface area contributed by atoms with Gasteiger partial charge in [0, 0.05) is 11.3 Å². The summed E-state index contributed by atoms with van der Waals surface area (Å²) in [5, 5.41) is 4.29. The van der Waals surface area contributed by atoms with Gasteiger partial charge in [-0.05, 0) is 35.7 Å². The molecule has 6 nitrogen and oxygen atoms in total. The van der Waals surface area contributed by atoms with Crippen LogP contribution in [0.2, 0.25) is 0 Å². The van der Waals surface area contributed by atoms with Crippen LogP contribution in [0.3, 0.4) is 0 Å². The molecule has 0 aliphatic carbocycles. The predicted molar refractivity (Wildman–Crippen MR) is 78.2 cm³/mol. The van der Waals surface area contributed by atoms with Crippen LogP contribution in [-0.4, -0.2) is 24.4 Å². The minimum atomic E-state index is -0.544. The summed E-state index contributed by atoms with van der Waals surface area (Å²) in [6.45, 7) is -0.381. The number of hydrogen-bond donors (Lipinski definition) is 2. The molecular weight excluding hydrogens is 292 g/mol. The highest BCUT2D eigenvalue weighted by Crippen LogP contribution is 2.11. The molecule has 7 heteroatoms. The second kappa shape index (κ2) is 6.67. The summed E-state index contributed by atoms with van der Waals surface area (Å²) in [5.74, 6) is -1.55. The number of ether oxygens (including phenoxy) is 1. The summed E-state index contributed by atoms with van der Waals surface area (Å²) in [7, 11) is 0. The third-order valence-corrected chi connectivity index (χ3v) is 3.36. The molecule has 2 aromatic rings. The van der Waals surface area contributed by atoms with Crippen molar-refractivity contribution in [3.63, 3.8) is 0 Å². The number of anilines is 1. The Hall–Kier alpha value is -2.67. The molecule has 0 aliphatic heterocycles. The van der Waals surface area contributed by atoms with Gasteiger partial charge in [-0.2, -0.15) is 0 Å². The molecule has 0 aliphatic rings. The van der Waals surface area contributed by atoms with Crippen molar-refractivity contribution in [1.29, 1.82) is 0 Å². The van der Waals surface area contributed by atoms with E-state index in [0.29, 0.717) is 16.1 Å². The van der Waals surface area contributed by atoms with Crippen LogP contribution in [0.1, 0.15) is 20.0 Å². The van der Waals surface area contributed by atoms with Gasteiger partial charge in [-0.1, -0.05) is 6.07 Å². The fraction of sp³-hybridized carbons (Fsp3) is 0.0714. The van der Waals surface area contributed by atoms with Crippen molar-refractivity contribution in [2.75, 3.05) is 11.9 Å². The van der Waals surface area contributed by atoms with Crippen LogP contribution < -0.4 is 11.1 Å². The molecule has 0 fully saturated rings. The van der Waals surface area contributed by atoms with Crippen molar-refractivity contribution in [2.24, 2.45) is 5.73 Å². The monoisotopic (exact) mass is 304 g/mol. The predicted octanol–water partition coefficient (Wildman–Crippen LogP) is 1.64. The fourth-order valence-corrected chi connectivity index (χ4v) is 2.13. The van der Waals surface area contributed by atoms with E-state index in [1.807, 2.05) is 0 Å². The molecule has 0 unspecified atom stereocenters. The second-order valence-corrected chi connectivity index (χ2v) is 4.99. The first-order valence-electron chi connectivity index (χ1n) is 5.96. The van der Waals surface area contributed by atoms with Crippen molar-refractivity contribution in [1.82, 2.24) is 0 Å². The van der Waals surface area contributed by atoms with Crippen LogP contribution in [0.15, 0.2) is 41.8 Å². The zero-order valence-corrected chi connectivity index (χ0v) is 11.7. The van der Waals surface area contributed by atoms with Crippen molar-refractivity contribution >= 4 is 34.8 Å². The first-order valence-corrected chi connectivity index (χ1v) is 6.84. The van der Waals surface area contributed by atoms with Crippen LogP contribution in [0.5, 0.6) is 0 Å². The molecule has 1 heterocycles. The third kappa shape index (κ3) is 4.15. The Kier molecular flexibility index (Phi) is 4.68. The maximum Gasteiger partial charge on any atom is 0.348 e. The topological polar surface area (TPSA) is 98.5 Å². The molecule has 1 aromatic carbocycles. The third-order valence-electron chi connectivity index (χ3n) is 2.51. The Morgan fingerprint density at radius 1 is 1.14 bits per heavy atom. The number of amides is 2. The SMILES string of the molecule is NC(=O)c1ccc(NC(=O)COC(=O)c2cccs2)cc1. The first kappa shape index (κ1) is 14.7. The Morgan fingerprint density at radius 2 is 1.86 bits per heavy atom. The molecule has 0 atom stereocenters. The highest BCUT2D eigenvalue weighted by Gasteiger charge is 2.11. The van der Waals surface area contributed by atoms with Crippen molar-refractivity contribution in [3.05, 3.63) is 52.2 Å². The van der Waals surface area contributed by atoms with Crippen molar-refractivity contribution < 1.29 is 19.1 Å². The Labute approximate surface area is 124 Å². The summed E-state index contributed by atoms with van der Waals surface area (Å²) < 4.78 is 4.87. The van der Waals surface area contributed by atoms with Gasteiger partial charge in [0.05, 0.1) is 0 Å². The standard InChI is InChI=1S/C14H12N2O4S/c15-13(18)9-3-5-10(6-4-9)16-12(17)8-20-14(19)11-2-1-7-21-11/h1-7H,8H2,(H2,15,18)(H,16,17). The van der Waals surface area contributed by atoms with Crippen molar-refractivity contribution in [3.8, 4) is 0 Å². The van der Waals surface area contributed by atoms with E-state index in [9.17, 15) is 14.4 Å². The van der Waals surface area contributed by atoms with Crippen LogP contribution in [-0.2, 0) is 9.53 Å². The molecule has 1 aromatic heterocycles. The number of primary amides is 1. The molecular formula is C14H12N2O4S. The summed E-state index contributed by atoms with van der Waals surface area (Å²) in [5.41, 5.74) is 5.94. The van der Waals surface area contributed by atoms with E-state index in [0.717, 1.165) is 0 Å². The number of esters is 1. The highest BCUT2D eigenvalue weighted by molar-refractivity contribution is 7.11. The smallest absolute Gasteiger partial charge is 0.348 e. The average Bonchev–Trinajstić information content (AvgIpc) is 2.99. The van der Waals surface area contributed by atoms with Crippen LogP contribution in [0.4, 0.5) is 5.69 Å². The quantitative estimate of drug-likeness (QED) is 0.820. The first-order chi connectivity index (χ1) is 10.1. The van der Waals surface area contributed by atoms with Gasteiger partial charge in [0.1, 0.15) is 4.88 Å². The molecule has 0 saturated heterocycles. The van der Waals surface area contributed by atoms with Gasteiger partial charge in [-0.3, -0.25) is 9.59 Å². The number of nitrogens with one attached hydrogen (secondary N) is 1. The van der Waals surface area contributed by atoms with E-state index in [1.165, 1.54) is 23.5 Å². The van der Waals surface area contributed by atoms with E-state index in [1.54, 1.807) is 29.6 Å². The van der Waals surface area contributed by atoms with Crippen LogP contribution >= 0.6 is 11.3 Å². The molecule has 21 heavy (non-hydrogen) atoms. The maximum absolute atomic E-state index is 11.6. The second-order valence-electron chi connectivity index (χ2n) is 4.04. The fourth-order valence-electron chi connectivity index (χ4n) is 1.51. The molecule has 2 rings (SSSR count). The molecule has 0 spiro atoms. The zero-order chi connectivity index (χ0) is 15.2. The molecule has 108 valence electrons. The Bertz CT molecular complexity index is 650. The van der Waals surface area contributed by atoms with E-state index < -0.39 is 17.8 Å². The number of rotatable bonds is 5. The zero-order valence-electron chi connectivity index (χ0n) is 10.9. The lowest BCUT2D eigenvalue weighted by Crippen LogP contribution is -2.20. The number of benzene rings is 1. The number of hydrogen-bond acceptors (Lipinski definition) is 5. The van der Waals surface area contributed by atoms with Gasteiger partial charge in [-0.25, -0.2) is 4.79 Å². The Balaban J connectivity index is 1.84. The summed E-state index contributed by atoms with van der Waals surface area (Å²) in [4.78, 5) is 34.5. The number of carbonyl (C=O) groups excluding carboxylic acids is 3. The summed E-state index contributed by atoms with van der Waals surface area (Å²) in [6, 6.07) is 9.42. The van der Waals surface area contributed by atoms with E-state index in [-0.39, 0.29) is 6.61 Å². The molecule has 0 bridgehead atoms. The normalized spacial score (nSPS) is 9.90.